The number of hydrogen-bond donors (Lipinski definition) is 0. The summed E-state index contributed by atoms with van der Waals surface area (Å²) in [7, 11) is 0. The molecule has 1 saturated heterocycles. The van der Waals surface area contributed by atoms with Gasteiger partial charge < -0.3 is 0 Å². The van der Waals surface area contributed by atoms with Crippen molar-refractivity contribution in [3.8, 4) is 0 Å². The zero-order valence-electron chi connectivity index (χ0n) is 11.5. The van der Waals surface area contributed by atoms with E-state index in [0.717, 1.165) is 24.8 Å². The van der Waals surface area contributed by atoms with Gasteiger partial charge in [-0.15, -0.1) is 6.58 Å². The number of likely N-dealkylation sites (tertiary alicyclic amines) is 1. The number of unbranched alkanes of at least 4 members (excludes halogenated alkanes) is 1. The second kappa shape index (κ2) is 4.62. The van der Waals surface area contributed by atoms with Gasteiger partial charge in [0.25, 0.3) is 5.91 Å². The molecular formula is C16H21NO2. The first-order valence-corrected chi connectivity index (χ1v) is 7.40. The summed E-state index contributed by atoms with van der Waals surface area (Å²) in [5.74, 6) is 0.800. The van der Waals surface area contributed by atoms with Gasteiger partial charge in [0.05, 0.1) is 5.92 Å². The lowest BCUT2D eigenvalue weighted by atomic mass is 9.84. The highest BCUT2D eigenvalue weighted by molar-refractivity contribution is 6.16. The van der Waals surface area contributed by atoms with Crippen LogP contribution in [-0.2, 0) is 9.59 Å². The lowest BCUT2D eigenvalue weighted by molar-refractivity contribution is -0.139. The van der Waals surface area contributed by atoms with Crippen LogP contribution in [-0.4, -0.2) is 23.3 Å². The Hall–Kier alpha value is -1.38. The quantitative estimate of drug-likeness (QED) is 0.562. The standard InChI is InChI=1S/C16H21NO2/c1-3-5-6-10-11-7-8-12(10)14-13(11)15(18)17(9-4-2)16(14)19/h4,10-11,13H,2-3,5-9H2,1H3. The maximum absolute atomic E-state index is 12.4. The van der Waals surface area contributed by atoms with E-state index in [1.165, 1.54) is 23.3 Å². The third kappa shape index (κ3) is 1.63. The number of imide groups is 1. The summed E-state index contributed by atoms with van der Waals surface area (Å²) in [5.41, 5.74) is 2.18. The van der Waals surface area contributed by atoms with Crippen LogP contribution in [0.15, 0.2) is 23.8 Å². The third-order valence-corrected chi connectivity index (χ3v) is 4.98. The molecule has 3 atom stereocenters. The van der Waals surface area contributed by atoms with E-state index >= 15 is 0 Å². The van der Waals surface area contributed by atoms with E-state index in [-0.39, 0.29) is 17.7 Å². The topological polar surface area (TPSA) is 37.4 Å². The molecule has 3 heteroatoms. The summed E-state index contributed by atoms with van der Waals surface area (Å²) in [6, 6.07) is 0. The lowest BCUT2D eigenvalue weighted by Gasteiger charge is -2.20. The summed E-state index contributed by atoms with van der Waals surface area (Å²) in [6.07, 6.45) is 7.30. The number of carbonyl (C=O) groups excluding carboxylic acids is 2. The maximum atomic E-state index is 12.4. The van der Waals surface area contributed by atoms with Crippen LogP contribution in [0.25, 0.3) is 0 Å². The molecule has 0 aromatic carbocycles. The largest absolute Gasteiger partial charge is 0.274 e. The van der Waals surface area contributed by atoms with E-state index in [0.29, 0.717) is 18.4 Å². The van der Waals surface area contributed by atoms with Gasteiger partial charge in [0.1, 0.15) is 0 Å². The molecule has 102 valence electrons. The van der Waals surface area contributed by atoms with Gasteiger partial charge in [0.2, 0.25) is 5.91 Å². The Kier molecular flexibility index (Phi) is 3.08. The fraction of sp³-hybridized carbons (Fsp3) is 0.625. The zero-order valence-corrected chi connectivity index (χ0v) is 11.5. The van der Waals surface area contributed by atoms with Crippen LogP contribution in [0, 0.1) is 17.8 Å². The molecule has 2 amide bonds. The molecular weight excluding hydrogens is 238 g/mol. The van der Waals surface area contributed by atoms with Gasteiger partial charge in [-0.05, 0) is 31.1 Å². The summed E-state index contributed by atoms with van der Waals surface area (Å²) in [6.45, 7) is 6.18. The van der Waals surface area contributed by atoms with Gasteiger partial charge in [0.15, 0.2) is 0 Å². The number of rotatable bonds is 5. The van der Waals surface area contributed by atoms with Crippen molar-refractivity contribution in [2.45, 2.75) is 39.0 Å². The average molecular weight is 259 g/mol. The lowest BCUT2D eigenvalue weighted by Crippen LogP contribution is -2.33. The first-order chi connectivity index (χ1) is 9.20. The molecule has 2 fully saturated rings. The van der Waals surface area contributed by atoms with Gasteiger partial charge in [-0.3, -0.25) is 14.5 Å². The molecule has 1 aliphatic heterocycles. The normalized spacial score (nSPS) is 32.5. The molecule has 0 radical (unpaired) electrons. The van der Waals surface area contributed by atoms with Crippen molar-refractivity contribution in [1.29, 1.82) is 0 Å². The molecule has 1 heterocycles. The van der Waals surface area contributed by atoms with Crippen molar-refractivity contribution in [3.63, 3.8) is 0 Å². The third-order valence-electron chi connectivity index (χ3n) is 4.98. The monoisotopic (exact) mass is 259 g/mol. The van der Waals surface area contributed by atoms with Gasteiger partial charge in [-0.25, -0.2) is 0 Å². The van der Waals surface area contributed by atoms with E-state index in [1.54, 1.807) is 6.08 Å². The van der Waals surface area contributed by atoms with Crippen LogP contribution in [0.5, 0.6) is 0 Å². The number of amides is 2. The highest BCUT2D eigenvalue weighted by atomic mass is 16.2. The average Bonchev–Trinajstić information content (AvgIpc) is 3.02. The predicted molar refractivity (Wildman–Crippen MR) is 73.2 cm³/mol. The van der Waals surface area contributed by atoms with Crippen LogP contribution < -0.4 is 0 Å². The molecule has 3 aliphatic rings. The number of allylic oxidation sites excluding steroid dienone is 1. The molecule has 3 nitrogen and oxygen atoms in total. The van der Waals surface area contributed by atoms with Crippen molar-refractivity contribution in [3.05, 3.63) is 23.8 Å². The molecule has 19 heavy (non-hydrogen) atoms. The van der Waals surface area contributed by atoms with Gasteiger partial charge >= 0.3 is 0 Å². The Balaban J connectivity index is 1.92. The summed E-state index contributed by atoms with van der Waals surface area (Å²) in [4.78, 5) is 26.2. The van der Waals surface area contributed by atoms with E-state index in [1.807, 2.05) is 0 Å². The van der Waals surface area contributed by atoms with E-state index < -0.39 is 0 Å². The zero-order chi connectivity index (χ0) is 13.6. The van der Waals surface area contributed by atoms with Gasteiger partial charge in [-0.1, -0.05) is 31.4 Å². The molecule has 0 aromatic heterocycles. The van der Waals surface area contributed by atoms with Crippen molar-refractivity contribution >= 4 is 11.8 Å². The molecule has 0 N–H and O–H groups in total. The maximum Gasteiger partial charge on any atom is 0.257 e. The Bertz CT molecular complexity index is 477. The first kappa shape index (κ1) is 12.6. The molecule has 0 spiro atoms. The van der Waals surface area contributed by atoms with Crippen LogP contribution >= 0.6 is 0 Å². The molecule has 0 aromatic rings. The highest BCUT2D eigenvalue weighted by Gasteiger charge is 2.57. The van der Waals surface area contributed by atoms with Crippen molar-refractivity contribution in [1.82, 2.24) is 4.90 Å². The highest BCUT2D eigenvalue weighted by Crippen LogP contribution is 2.57. The van der Waals surface area contributed by atoms with E-state index in [4.69, 9.17) is 0 Å². The Morgan fingerprint density at radius 2 is 2.21 bits per heavy atom. The van der Waals surface area contributed by atoms with E-state index in [9.17, 15) is 9.59 Å². The number of hydrogen-bond acceptors (Lipinski definition) is 2. The predicted octanol–water partition coefficient (Wildman–Crippen LogP) is 2.68. The smallest absolute Gasteiger partial charge is 0.257 e. The summed E-state index contributed by atoms with van der Waals surface area (Å²) in [5, 5.41) is 0. The fourth-order valence-electron chi connectivity index (χ4n) is 4.22. The second-order valence-electron chi connectivity index (χ2n) is 5.91. The van der Waals surface area contributed by atoms with Crippen molar-refractivity contribution < 1.29 is 9.59 Å². The molecule has 1 saturated carbocycles. The van der Waals surface area contributed by atoms with Gasteiger partial charge in [-0.2, -0.15) is 0 Å². The first-order valence-electron chi connectivity index (χ1n) is 7.40. The molecule has 3 rings (SSSR count). The number of nitrogens with zero attached hydrogens (tertiary/aromatic N) is 1. The van der Waals surface area contributed by atoms with Crippen LogP contribution in [0.3, 0.4) is 0 Å². The van der Waals surface area contributed by atoms with Gasteiger partial charge in [0, 0.05) is 12.1 Å². The SMILES string of the molecule is C=CCN1C(=O)C2=C3CCC(C3CCCC)C2C1=O. The molecule has 2 bridgehead atoms. The number of fused-ring (bicyclic) bond motifs is 4. The Labute approximate surface area is 114 Å². The Morgan fingerprint density at radius 1 is 1.42 bits per heavy atom. The van der Waals surface area contributed by atoms with Crippen molar-refractivity contribution in [2.75, 3.05) is 6.54 Å². The second-order valence-corrected chi connectivity index (χ2v) is 5.91. The van der Waals surface area contributed by atoms with E-state index in [2.05, 4.69) is 13.5 Å². The minimum Gasteiger partial charge on any atom is -0.274 e. The molecule has 3 unspecified atom stereocenters. The summed E-state index contributed by atoms with van der Waals surface area (Å²) >= 11 is 0. The van der Waals surface area contributed by atoms with Crippen molar-refractivity contribution in [2.24, 2.45) is 17.8 Å². The fourth-order valence-corrected chi connectivity index (χ4v) is 4.22. The summed E-state index contributed by atoms with van der Waals surface area (Å²) < 4.78 is 0. The van der Waals surface area contributed by atoms with Crippen LogP contribution in [0.1, 0.15) is 39.0 Å². The Morgan fingerprint density at radius 3 is 2.84 bits per heavy atom. The minimum absolute atomic E-state index is 0.0288. The van der Waals surface area contributed by atoms with Crippen LogP contribution in [0.4, 0.5) is 0 Å². The minimum atomic E-state index is -0.113. The van der Waals surface area contributed by atoms with Crippen LogP contribution in [0.2, 0.25) is 0 Å². The molecule has 2 aliphatic carbocycles. The number of carbonyl (C=O) groups is 2.